The molecule has 0 radical (unpaired) electrons. The molecule has 0 saturated heterocycles. The number of sulfonamides is 1. The van der Waals surface area contributed by atoms with Crippen LogP contribution in [0.4, 0.5) is 8.78 Å². The fraction of sp³-hybridized carbons (Fsp3) is 0.538. The summed E-state index contributed by atoms with van der Waals surface area (Å²) in [6, 6.07) is 2.13. The average Bonchev–Trinajstić information content (AvgIpc) is 2.44. The van der Waals surface area contributed by atoms with Crippen LogP contribution in [0.2, 0.25) is 0 Å². The van der Waals surface area contributed by atoms with Gasteiger partial charge in [0.25, 0.3) is 0 Å². The topological polar surface area (TPSA) is 67.4 Å². The molecule has 1 rings (SSSR count). The van der Waals surface area contributed by atoms with E-state index in [-0.39, 0.29) is 13.1 Å². The lowest BCUT2D eigenvalue weighted by atomic mass is 10.2. The highest BCUT2D eigenvalue weighted by Crippen LogP contribution is 2.19. The zero-order valence-corrected chi connectivity index (χ0v) is 12.9. The lowest BCUT2D eigenvalue weighted by Crippen LogP contribution is -2.27. The van der Waals surface area contributed by atoms with Crippen LogP contribution >= 0.6 is 0 Å². The molecule has 0 atom stereocenters. The maximum Gasteiger partial charge on any atom is 0.243 e. The van der Waals surface area contributed by atoms with E-state index < -0.39 is 26.6 Å². The molecule has 0 aliphatic heterocycles. The molecule has 1 aromatic carbocycles. The monoisotopic (exact) mass is 322 g/mol. The minimum absolute atomic E-state index is 0.0919. The summed E-state index contributed by atoms with van der Waals surface area (Å²) in [6.45, 7) is 3.22. The van der Waals surface area contributed by atoms with Gasteiger partial charge >= 0.3 is 0 Å². The molecule has 0 amide bonds. The van der Waals surface area contributed by atoms with E-state index in [1.165, 1.54) is 7.11 Å². The normalized spacial score (nSPS) is 11.8. The van der Waals surface area contributed by atoms with E-state index in [2.05, 4.69) is 10.0 Å². The van der Waals surface area contributed by atoms with Crippen molar-refractivity contribution in [3.63, 3.8) is 0 Å². The van der Waals surface area contributed by atoms with Gasteiger partial charge in [0.15, 0.2) is 11.6 Å². The van der Waals surface area contributed by atoms with Gasteiger partial charge in [0.05, 0.1) is 0 Å². The van der Waals surface area contributed by atoms with Crippen molar-refractivity contribution in [1.82, 2.24) is 10.0 Å². The highest BCUT2D eigenvalue weighted by Gasteiger charge is 2.22. The summed E-state index contributed by atoms with van der Waals surface area (Å²) in [5, 5.41) is 2.93. The number of hydrogen-bond acceptors (Lipinski definition) is 4. The van der Waals surface area contributed by atoms with Gasteiger partial charge in [-0.25, -0.2) is 21.9 Å². The molecule has 0 aliphatic rings. The lowest BCUT2D eigenvalue weighted by Gasteiger charge is -2.10. The number of ether oxygens (including phenoxy) is 1. The number of rotatable bonds is 9. The number of nitrogens with one attached hydrogen (secondary N) is 2. The summed E-state index contributed by atoms with van der Waals surface area (Å²) in [4.78, 5) is -0.673. The molecule has 2 N–H and O–H groups in total. The highest BCUT2D eigenvalue weighted by molar-refractivity contribution is 7.89. The van der Waals surface area contributed by atoms with Crippen molar-refractivity contribution in [2.24, 2.45) is 0 Å². The van der Waals surface area contributed by atoms with Crippen LogP contribution in [-0.2, 0) is 21.3 Å². The molecule has 0 fully saturated rings. The molecule has 0 heterocycles. The van der Waals surface area contributed by atoms with Crippen molar-refractivity contribution in [3.8, 4) is 0 Å². The van der Waals surface area contributed by atoms with Gasteiger partial charge in [0.2, 0.25) is 10.0 Å². The third kappa shape index (κ3) is 5.31. The first-order valence-electron chi connectivity index (χ1n) is 6.59. The summed E-state index contributed by atoms with van der Waals surface area (Å²) in [5.74, 6) is -2.54. The number of hydrogen-bond donors (Lipinski definition) is 2. The summed E-state index contributed by atoms with van der Waals surface area (Å²) < 4.78 is 58.3. The second kappa shape index (κ2) is 8.38. The number of methoxy groups -OCH3 is 1. The number of benzene rings is 1. The fourth-order valence-electron chi connectivity index (χ4n) is 1.68. The van der Waals surface area contributed by atoms with Gasteiger partial charge in [-0.3, -0.25) is 0 Å². The van der Waals surface area contributed by atoms with Crippen molar-refractivity contribution in [3.05, 3.63) is 29.3 Å². The van der Waals surface area contributed by atoms with E-state index in [4.69, 9.17) is 4.74 Å². The van der Waals surface area contributed by atoms with Crippen LogP contribution in [0.1, 0.15) is 18.9 Å². The van der Waals surface area contributed by atoms with Gasteiger partial charge in [-0.2, -0.15) is 0 Å². The number of halogens is 2. The van der Waals surface area contributed by atoms with E-state index >= 15 is 0 Å². The zero-order valence-electron chi connectivity index (χ0n) is 12.1. The van der Waals surface area contributed by atoms with Gasteiger partial charge in [-0.15, -0.1) is 0 Å². The lowest BCUT2D eigenvalue weighted by molar-refractivity contribution is 0.196. The average molecular weight is 322 g/mol. The van der Waals surface area contributed by atoms with Crippen molar-refractivity contribution >= 4 is 10.0 Å². The Kier molecular flexibility index (Phi) is 7.16. The SMILES string of the molecule is CCNCc1cc(F)c(F)c(S(=O)(=O)NCCCOC)c1. The summed E-state index contributed by atoms with van der Waals surface area (Å²) in [6.07, 6.45) is 0.441. The maximum absolute atomic E-state index is 13.7. The molecule has 8 heteroatoms. The fourth-order valence-corrected chi connectivity index (χ4v) is 2.89. The second-order valence-corrected chi connectivity index (χ2v) is 6.15. The smallest absolute Gasteiger partial charge is 0.243 e. The quantitative estimate of drug-likeness (QED) is 0.674. The van der Waals surface area contributed by atoms with Crippen LogP contribution in [0, 0.1) is 11.6 Å². The molecule has 0 aliphatic carbocycles. The van der Waals surface area contributed by atoms with Crippen LogP contribution in [0.5, 0.6) is 0 Å². The first-order valence-corrected chi connectivity index (χ1v) is 8.08. The van der Waals surface area contributed by atoms with Gasteiger partial charge in [0.1, 0.15) is 4.90 Å². The van der Waals surface area contributed by atoms with Gasteiger partial charge in [0, 0.05) is 26.8 Å². The molecular weight excluding hydrogens is 302 g/mol. The van der Waals surface area contributed by atoms with Crippen molar-refractivity contribution in [2.75, 3.05) is 26.8 Å². The summed E-state index contributed by atoms with van der Waals surface area (Å²) >= 11 is 0. The Morgan fingerprint density at radius 2 is 2.00 bits per heavy atom. The van der Waals surface area contributed by atoms with Crippen LogP contribution in [-0.4, -0.2) is 35.2 Å². The standard InChI is InChI=1S/C13H20F2N2O3S/c1-3-16-9-10-7-11(14)13(15)12(8-10)21(18,19)17-5-4-6-20-2/h7-8,16-17H,3-6,9H2,1-2H3. The largest absolute Gasteiger partial charge is 0.385 e. The predicted octanol–water partition coefficient (Wildman–Crippen LogP) is 1.39. The van der Waals surface area contributed by atoms with Gasteiger partial charge in [-0.1, -0.05) is 6.92 Å². The first-order chi connectivity index (χ1) is 9.92. The molecule has 1 aromatic rings. The molecule has 0 bridgehead atoms. The minimum Gasteiger partial charge on any atom is -0.385 e. The van der Waals surface area contributed by atoms with Gasteiger partial charge < -0.3 is 10.1 Å². The van der Waals surface area contributed by atoms with Crippen molar-refractivity contribution in [2.45, 2.75) is 24.8 Å². The van der Waals surface area contributed by atoms with E-state index in [1.807, 2.05) is 6.92 Å². The third-order valence-electron chi connectivity index (χ3n) is 2.74. The Balaban J connectivity index is 2.95. The van der Waals surface area contributed by atoms with E-state index in [1.54, 1.807) is 0 Å². The van der Waals surface area contributed by atoms with E-state index in [0.717, 1.165) is 12.1 Å². The third-order valence-corrected chi connectivity index (χ3v) is 4.20. The molecule has 0 saturated carbocycles. The Morgan fingerprint density at radius 1 is 1.29 bits per heavy atom. The Morgan fingerprint density at radius 3 is 2.62 bits per heavy atom. The predicted molar refractivity (Wildman–Crippen MR) is 75.4 cm³/mol. The summed E-state index contributed by atoms with van der Waals surface area (Å²) in [7, 11) is -2.60. The Hall–Kier alpha value is -1.09. The second-order valence-electron chi connectivity index (χ2n) is 4.41. The zero-order chi connectivity index (χ0) is 15.9. The Bertz CT molecular complexity index is 565. The van der Waals surface area contributed by atoms with Crippen LogP contribution < -0.4 is 10.0 Å². The van der Waals surface area contributed by atoms with Crippen LogP contribution in [0.3, 0.4) is 0 Å². The van der Waals surface area contributed by atoms with E-state index in [0.29, 0.717) is 25.1 Å². The molecule has 0 spiro atoms. The van der Waals surface area contributed by atoms with Crippen molar-refractivity contribution < 1.29 is 21.9 Å². The van der Waals surface area contributed by atoms with Crippen molar-refractivity contribution in [1.29, 1.82) is 0 Å². The van der Waals surface area contributed by atoms with Crippen LogP contribution in [0.25, 0.3) is 0 Å². The molecule has 21 heavy (non-hydrogen) atoms. The molecular formula is C13H20F2N2O3S. The van der Waals surface area contributed by atoms with Gasteiger partial charge in [-0.05, 0) is 30.7 Å². The summed E-state index contributed by atoms with van der Waals surface area (Å²) in [5.41, 5.74) is 0.369. The first kappa shape index (κ1) is 18.0. The maximum atomic E-state index is 13.7. The Labute approximate surface area is 123 Å². The highest BCUT2D eigenvalue weighted by atomic mass is 32.2. The van der Waals surface area contributed by atoms with Crippen LogP contribution in [0.15, 0.2) is 17.0 Å². The molecule has 0 aromatic heterocycles. The molecule has 5 nitrogen and oxygen atoms in total. The molecule has 0 unspecified atom stereocenters. The minimum atomic E-state index is -4.09. The van der Waals surface area contributed by atoms with E-state index in [9.17, 15) is 17.2 Å². The molecule has 120 valence electrons.